The van der Waals surface area contributed by atoms with Crippen molar-refractivity contribution >= 4 is 29.6 Å². The molecule has 0 fully saturated rings. The molecular formula is C17H31N5O7. The fourth-order valence-corrected chi connectivity index (χ4v) is 2.33. The van der Waals surface area contributed by atoms with Crippen LogP contribution in [0.5, 0.6) is 0 Å². The first kappa shape index (κ1) is 26.3. The lowest BCUT2D eigenvalue weighted by Crippen LogP contribution is -2.60. The number of carbonyl (C=O) groups excluding carboxylic acids is 4. The molecule has 166 valence electrons. The second kappa shape index (κ2) is 12.0. The minimum Gasteiger partial charge on any atom is -0.480 e. The van der Waals surface area contributed by atoms with Gasteiger partial charge in [-0.05, 0) is 11.8 Å². The van der Waals surface area contributed by atoms with Gasteiger partial charge < -0.3 is 37.6 Å². The van der Waals surface area contributed by atoms with Gasteiger partial charge in [0.25, 0.3) is 0 Å². The van der Waals surface area contributed by atoms with Crippen molar-refractivity contribution in [2.45, 2.75) is 58.3 Å². The third-order valence-electron chi connectivity index (χ3n) is 4.05. The van der Waals surface area contributed by atoms with Crippen LogP contribution in [0, 0.1) is 11.8 Å². The standard InChI is InChI=1S/C17H31N5O7/c1-7(2)12(15(26)20-10(6-23)17(28)29)22-16(27)13(8(3)4)21-14(25)9(18)5-11(19)24/h7-10,12-13,23H,5-6,18H2,1-4H3,(H2,19,24)(H,20,26)(H,21,25)(H,22,27)(H,28,29). The van der Waals surface area contributed by atoms with Crippen molar-refractivity contribution < 1.29 is 34.2 Å². The van der Waals surface area contributed by atoms with Gasteiger partial charge in [-0.25, -0.2) is 4.79 Å². The number of rotatable bonds is 12. The Morgan fingerprint density at radius 3 is 1.59 bits per heavy atom. The van der Waals surface area contributed by atoms with E-state index in [0.29, 0.717) is 0 Å². The number of hydrogen-bond acceptors (Lipinski definition) is 7. The van der Waals surface area contributed by atoms with Crippen LogP contribution >= 0.6 is 0 Å². The molecule has 0 heterocycles. The first-order valence-corrected chi connectivity index (χ1v) is 9.10. The van der Waals surface area contributed by atoms with Crippen LogP contribution in [0.1, 0.15) is 34.1 Å². The van der Waals surface area contributed by atoms with E-state index in [1.54, 1.807) is 27.7 Å². The largest absolute Gasteiger partial charge is 0.480 e. The zero-order valence-electron chi connectivity index (χ0n) is 17.0. The number of aliphatic hydroxyl groups is 1. The number of carboxylic acid groups (broad SMARTS) is 1. The number of carboxylic acids is 1. The summed E-state index contributed by atoms with van der Waals surface area (Å²) in [5, 5.41) is 25.0. The highest BCUT2D eigenvalue weighted by Crippen LogP contribution is 2.07. The van der Waals surface area contributed by atoms with E-state index in [2.05, 4.69) is 16.0 Å². The molecule has 0 saturated carbocycles. The predicted molar refractivity (Wildman–Crippen MR) is 102 cm³/mol. The van der Waals surface area contributed by atoms with Gasteiger partial charge >= 0.3 is 5.97 Å². The van der Waals surface area contributed by atoms with Crippen molar-refractivity contribution in [2.75, 3.05) is 6.61 Å². The fraction of sp³-hybridized carbons (Fsp3) is 0.706. The summed E-state index contributed by atoms with van der Waals surface area (Å²) >= 11 is 0. The van der Waals surface area contributed by atoms with Crippen LogP contribution in [0.3, 0.4) is 0 Å². The third kappa shape index (κ3) is 8.87. The molecule has 0 aromatic rings. The quantitative estimate of drug-likeness (QED) is 0.174. The summed E-state index contributed by atoms with van der Waals surface area (Å²) in [6, 6.07) is -4.93. The normalized spacial score (nSPS) is 15.2. The minimum absolute atomic E-state index is 0.389. The zero-order chi connectivity index (χ0) is 22.9. The van der Waals surface area contributed by atoms with E-state index in [-0.39, 0.29) is 5.92 Å². The average Bonchev–Trinajstić information content (AvgIpc) is 2.59. The maximum absolute atomic E-state index is 12.7. The van der Waals surface area contributed by atoms with E-state index >= 15 is 0 Å². The molecule has 12 heteroatoms. The van der Waals surface area contributed by atoms with Crippen molar-refractivity contribution in [1.82, 2.24) is 16.0 Å². The summed E-state index contributed by atoms with van der Waals surface area (Å²) in [7, 11) is 0. The Balaban J connectivity index is 5.28. The molecule has 4 atom stereocenters. The number of primary amides is 1. The van der Waals surface area contributed by atoms with Crippen molar-refractivity contribution in [3.63, 3.8) is 0 Å². The number of aliphatic hydroxyl groups excluding tert-OH is 1. The van der Waals surface area contributed by atoms with E-state index in [4.69, 9.17) is 21.7 Å². The van der Waals surface area contributed by atoms with Crippen molar-refractivity contribution in [3.8, 4) is 0 Å². The molecule has 0 aromatic carbocycles. The highest BCUT2D eigenvalue weighted by molar-refractivity contribution is 5.95. The summed E-state index contributed by atoms with van der Waals surface area (Å²) in [6.45, 7) is 5.75. The van der Waals surface area contributed by atoms with Crippen molar-refractivity contribution in [3.05, 3.63) is 0 Å². The van der Waals surface area contributed by atoms with Crippen LogP contribution in [0.2, 0.25) is 0 Å². The Kier molecular flexibility index (Phi) is 10.8. The molecule has 0 rings (SSSR count). The zero-order valence-corrected chi connectivity index (χ0v) is 17.0. The Morgan fingerprint density at radius 1 is 0.828 bits per heavy atom. The molecule has 0 aliphatic rings. The Hall–Kier alpha value is -2.73. The number of nitrogens with two attached hydrogens (primary N) is 2. The van der Waals surface area contributed by atoms with Crippen LogP contribution in [-0.2, 0) is 24.0 Å². The number of amides is 4. The lowest BCUT2D eigenvalue weighted by atomic mass is 9.99. The summed E-state index contributed by atoms with van der Waals surface area (Å²) in [5.41, 5.74) is 10.6. The highest BCUT2D eigenvalue weighted by atomic mass is 16.4. The van der Waals surface area contributed by atoms with Gasteiger partial charge in [-0.3, -0.25) is 19.2 Å². The molecular weight excluding hydrogens is 386 g/mol. The molecule has 29 heavy (non-hydrogen) atoms. The van der Waals surface area contributed by atoms with Crippen molar-refractivity contribution in [2.24, 2.45) is 23.3 Å². The van der Waals surface area contributed by atoms with Crippen LogP contribution in [0.25, 0.3) is 0 Å². The number of carbonyl (C=O) groups is 5. The van der Waals surface area contributed by atoms with E-state index in [9.17, 15) is 24.0 Å². The predicted octanol–water partition coefficient (Wildman–Crippen LogP) is -2.97. The molecule has 0 aliphatic heterocycles. The fourth-order valence-electron chi connectivity index (χ4n) is 2.33. The van der Waals surface area contributed by atoms with Gasteiger partial charge in [-0.15, -0.1) is 0 Å². The first-order chi connectivity index (χ1) is 13.3. The van der Waals surface area contributed by atoms with E-state index in [0.717, 1.165) is 0 Å². The summed E-state index contributed by atoms with van der Waals surface area (Å²) < 4.78 is 0. The molecule has 0 bridgehead atoms. The second-order valence-corrected chi connectivity index (χ2v) is 7.32. The summed E-state index contributed by atoms with van der Waals surface area (Å²) in [5.74, 6) is -5.25. The molecule has 0 saturated heterocycles. The lowest BCUT2D eigenvalue weighted by Gasteiger charge is -2.28. The molecule has 12 nitrogen and oxygen atoms in total. The number of nitrogens with one attached hydrogen (secondary N) is 3. The molecule has 0 spiro atoms. The Morgan fingerprint density at radius 2 is 1.24 bits per heavy atom. The van der Waals surface area contributed by atoms with Crippen LogP contribution < -0.4 is 27.4 Å². The molecule has 0 radical (unpaired) electrons. The average molecular weight is 417 g/mol. The number of aliphatic carboxylic acids is 1. The molecule has 9 N–H and O–H groups in total. The molecule has 0 aromatic heterocycles. The monoisotopic (exact) mass is 417 g/mol. The van der Waals surface area contributed by atoms with Gasteiger partial charge in [0.15, 0.2) is 0 Å². The number of hydrogen-bond donors (Lipinski definition) is 7. The van der Waals surface area contributed by atoms with Crippen LogP contribution in [0.15, 0.2) is 0 Å². The van der Waals surface area contributed by atoms with Crippen LogP contribution in [0.4, 0.5) is 0 Å². The SMILES string of the molecule is CC(C)C(NC(=O)C(N)CC(N)=O)C(=O)NC(C(=O)NC(CO)C(=O)O)C(C)C. The first-order valence-electron chi connectivity index (χ1n) is 9.10. The van der Waals surface area contributed by atoms with E-state index < -0.39 is 72.7 Å². The second-order valence-electron chi connectivity index (χ2n) is 7.32. The van der Waals surface area contributed by atoms with Gasteiger partial charge in [0, 0.05) is 0 Å². The molecule has 4 amide bonds. The maximum atomic E-state index is 12.7. The highest BCUT2D eigenvalue weighted by Gasteiger charge is 2.33. The summed E-state index contributed by atoms with van der Waals surface area (Å²) in [4.78, 5) is 59.1. The molecule has 4 unspecified atom stereocenters. The Labute approximate surface area is 168 Å². The Bertz CT molecular complexity index is 623. The summed E-state index contributed by atoms with van der Waals surface area (Å²) in [6.07, 6.45) is -0.396. The van der Waals surface area contributed by atoms with Crippen LogP contribution in [-0.4, -0.2) is 70.6 Å². The molecule has 0 aliphatic carbocycles. The topological polar surface area (TPSA) is 214 Å². The third-order valence-corrected chi connectivity index (χ3v) is 4.05. The van der Waals surface area contributed by atoms with Gasteiger partial charge in [0.2, 0.25) is 23.6 Å². The van der Waals surface area contributed by atoms with E-state index in [1.165, 1.54) is 0 Å². The lowest BCUT2D eigenvalue weighted by molar-refractivity contribution is -0.143. The van der Waals surface area contributed by atoms with Crippen molar-refractivity contribution in [1.29, 1.82) is 0 Å². The van der Waals surface area contributed by atoms with Gasteiger partial charge in [-0.1, -0.05) is 27.7 Å². The smallest absolute Gasteiger partial charge is 0.328 e. The van der Waals surface area contributed by atoms with Gasteiger partial charge in [-0.2, -0.15) is 0 Å². The van der Waals surface area contributed by atoms with Gasteiger partial charge in [0.1, 0.15) is 18.1 Å². The van der Waals surface area contributed by atoms with E-state index in [1.807, 2.05) is 0 Å². The van der Waals surface area contributed by atoms with Gasteiger partial charge in [0.05, 0.1) is 19.1 Å². The minimum atomic E-state index is -1.52. The maximum Gasteiger partial charge on any atom is 0.328 e.